The molecule has 0 radical (unpaired) electrons. The molecule has 0 aliphatic carbocycles. The molecule has 1 aliphatic rings. The van der Waals surface area contributed by atoms with Gasteiger partial charge in [-0.2, -0.15) is 4.37 Å². The van der Waals surface area contributed by atoms with Gasteiger partial charge in [-0.05, 0) is 11.5 Å². The summed E-state index contributed by atoms with van der Waals surface area (Å²) in [5, 5.41) is 0. The molecule has 3 rings (SSSR count). The molecule has 0 saturated heterocycles. The van der Waals surface area contributed by atoms with Gasteiger partial charge in [0.1, 0.15) is 10.4 Å². The van der Waals surface area contributed by atoms with Crippen molar-refractivity contribution < 1.29 is 4.42 Å². The second-order valence-electron chi connectivity index (χ2n) is 2.98. The summed E-state index contributed by atoms with van der Waals surface area (Å²) in [6, 6.07) is 0. The van der Waals surface area contributed by atoms with Gasteiger partial charge in [0.05, 0.1) is 12.8 Å². The molecular formula is C9H7N3OS. The van der Waals surface area contributed by atoms with Gasteiger partial charge in [-0.1, -0.05) is 0 Å². The molecule has 5 heteroatoms. The van der Waals surface area contributed by atoms with Crippen molar-refractivity contribution in [2.24, 2.45) is 4.99 Å². The van der Waals surface area contributed by atoms with Crippen LogP contribution < -0.4 is 0 Å². The van der Waals surface area contributed by atoms with Crippen LogP contribution in [0.1, 0.15) is 11.3 Å². The Kier molecular flexibility index (Phi) is 1.63. The fourth-order valence-corrected chi connectivity index (χ4v) is 1.98. The number of hydrogen-bond acceptors (Lipinski definition) is 4. The van der Waals surface area contributed by atoms with Crippen molar-refractivity contribution in [1.82, 2.24) is 9.36 Å². The fourth-order valence-electron chi connectivity index (χ4n) is 1.31. The van der Waals surface area contributed by atoms with Crippen LogP contribution in [0.25, 0.3) is 10.3 Å². The van der Waals surface area contributed by atoms with Crippen molar-refractivity contribution in [3.63, 3.8) is 0 Å². The lowest BCUT2D eigenvalue weighted by atomic mass is 10.3. The number of nitrogens with zero attached hydrogens (tertiary/aromatic N) is 2. The highest BCUT2D eigenvalue weighted by atomic mass is 32.1. The molecule has 2 aromatic heterocycles. The first-order chi connectivity index (χ1) is 6.93. The van der Waals surface area contributed by atoms with Crippen molar-refractivity contribution in [2.45, 2.75) is 6.54 Å². The zero-order chi connectivity index (χ0) is 9.38. The maximum atomic E-state index is 5.51. The van der Waals surface area contributed by atoms with Gasteiger partial charge in [-0.15, -0.1) is 0 Å². The van der Waals surface area contributed by atoms with Crippen LogP contribution in [-0.2, 0) is 6.54 Å². The highest BCUT2D eigenvalue weighted by Crippen LogP contribution is 2.17. The Morgan fingerprint density at radius 2 is 2.43 bits per heavy atom. The summed E-state index contributed by atoms with van der Waals surface area (Å²) in [5.74, 6) is 0. The van der Waals surface area contributed by atoms with E-state index in [2.05, 4.69) is 14.3 Å². The molecule has 1 N–H and O–H groups in total. The lowest BCUT2D eigenvalue weighted by Crippen LogP contribution is -1.82. The number of nitrogens with one attached hydrogen (secondary N) is 1. The Morgan fingerprint density at radius 3 is 3.43 bits per heavy atom. The summed E-state index contributed by atoms with van der Waals surface area (Å²) in [6.07, 6.45) is 7.18. The minimum Gasteiger partial charge on any atom is -0.461 e. The van der Waals surface area contributed by atoms with Gasteiger partial charge < -0.3 is 9.40 Å². The Labute approximate surface area is 83.8 Å². The van der Waals surface area contributed by atoms with E-state index >= 15 is 0 Å². The van der Waals surface area contributed by atoms with E-state index in [-0.39, 0.29) is 0 Å². The summed E-state index contributed by atoms with van der Waals surface area (Å²) < 4.78 is 10.9. The lowest BCUT2D eigenvalue weighted by Gasteiger charge is -1.90. The average molecular weight is 205 g/mol. The predicted molar refractivity (Wildman–Crippen MR) is 55.2 cm³/mol. The van der Waals surface area contributed by atoms with Crippen LogP contribution in [0.15, 0.2) is 28.1 Å². The highest BCUT2D eigenvalue weighted by Gasteiger charge is 2.06. The number of H-pyrrole nitrogens is 1. The Bertz CT molecular complexity index is 547. The van der Waals surface area contributed by atoms with E-state index in [0.717, 1.165) is 21.5 Å². The lowest BCUT2D eigenvalue weighted by molar-refractivity contribution is 0.599. The van der Waals surface area contributed by atoms with Gasteiger partial charge in [0.2, 0.25) is 0 Å². The Morgan fingerprint density at radius 1 is 1.43 bits per heavy atom. The Hall–Kier alpha value is -1.62. The summed E-state index contributed by atoms with van der Waals surface area (Å²) in [4.78, 5) is 7.12. The molecule has 0 spiro atoms. The van der Waals surface area contributed by atoms with Crippen LogP contribution in [-0.4, -0.2) is 15.6 Å². The first-order valence-corrected chi connectivity index (χ1v) is 4.98. The zero-order valence-corrected chi connectivity index (χ0v) is 8.04. The standard InChI is InChI=1S/C9H7N3OS/c1-6-5-13-8-3-11-4-9(8)14-12-7(6)2-10-1/h2-5,11H,1H2. The monoisotopic (exact) mass is 205 g/mol. The second kappa shape index (κ2) is 2.95. The van der Waals surface area contributed by atoms with Crippen LogP contribution in [0.3, 0.4) is 0 Å². The molecule has 0 saturated carbocycles. The van der Waals surface area contributed by atoms with Crippen molar-refractivity contribution in [2.75, 3.05) is 0 Å². The molecule has 0 atom stereocenters. The topological polar surface area (TPSA) is 54.2 Å². The van der Waals surface area contributed by atoms with Gasteiger partial charge in [0.25, 0.3) is 0 Å². The largest absolute Gasteiger partial charge is 0.461 e. The number of aliphatic imine (C=N–C) groups is 1. The van der Waals surface area contributed by atoms with Gasteiger partial charge >= 0.3 is 0 Å². The van der Waals surface area contributed by atoms with Crippen LogP contribution in [0, 0.1) is 0 Å². The zero-order valence-electron chi connectivity index (χ0n) is 7.23. The number of aromatic nitrogens is 2. The van der Waals surface area contributed by atoms with E-state index in [1.165, 1.54) is 11.5 Å². The third-order valence-corrected chi connectivity index (χ3v) is 2.85. The molecule has 0 aromatic carbocycles. The third kappa shape index (κ3) is 1.13. The quantitative estimate of drug-likeness (QED) is 0.717. The fraction of sp³-hybridized carbons (Fsp3) is 0.111. The first kappa shape index (κ1) is 7.75. The first-order valence-electron chi connectivity index (χ1n) is 4.21. The molecule has 0 fully saturated rings. The smallest absolute Gasteiger partial charge is 0.162 e. The van der Waals surface area contributed by atoms with Crippen molar-refractivity contribution in [1.29, 1.82) is 0 Å². The normalized spacial score (nSPS) is 13.1. The minimum absolute atomic E-state index is 0.666. The van der Waals surface area contributed by atoms with E-state index in [1.807, 2.05) is 12.4 Å². The molecule has 70 valence electrons. The predicted octanol–water partition coefficient (Wildman–Crippen LogP) is 2.27. The number of rotatable bonds is 0. The maximum Gasteiger partial charge on any atom is 0.162 e. The molecule has 14 heavy (non-hydrogen) atoms. The maximum absolute atomic E-state index is 5.51. The van der Waals surface area contributed by atoms with E-state index < -0.39 is 0 Å². The minimum atomic E-state index is 0.666. The summed E-state index contributed by atoms with van der Waals surface area (Å²) in [5.41, 5.74) is 2.75. The molecule has 0 bridgehead atoms. The van der Waals surface area contributed by atoms with Gasteiger partial charge in [0.15, 0.2) is 5.58 Å². The van der Waals surface area contributed by atoms with E-state index in [4.69, 9.17) is 4.42 Å². The van der Waals surface area contributed by atoms with Crippen LogP contribution in [0.5, 0.6) is 0 Å². The number of hydrogen-bond donors (Lipinski definition) is 1. The summed E-state index contributed by atoms with van der Waals surface area (Å²) >= 11 is 1.41. The van der Waals surface area contributed by atoms with E-state index in [9.17, 15) is 0 Å². The molecule has 4 nitrogen and oxygen atoms in total. The molecule has 0 amide bonds. The van der Waals surface area contributed by atoms with E-state index in [1.54, 1.807) is 12.5 Å². The van der Waals surface area contributed by atoms with Gasteiger partial charge in [0, 0.05) is 24.2 Å². The Balaban J connectivity index is 2.36. The molecular weight excluding hydrogens is 198 g/mol. The van der Waals surface area contributed by atoms with E-state index in [0.29, 0.717) is 6.54 Å². The molecule has 3 heterocycles. The number of fused-ring (bicyclic) bond motifs is 2. The van der Waals surface area contributed by atoms with Crippen molar-refractivity contribution in [3.8, 4) is 0 Å². The third-order valence-electron chi connectivity index (χ3n) is 2.05. The average Bonchev–Trinajstić information content (AvgIpc) is 2.75. The second-order valence-corrected chi connectivity index (χ2v) is 3.79. The molecule has 2 aromatic rings. The van der Waals surface area contributed by atoms with Crippen LogP contribution in [0.4, 0.5) is 0 Å². The van der Waals surface area contributed by atoms with Crippen LogP contribution >= 0.6 is 11.5 Å². The molecule has 0 unspecified atom stereocenters. The van der Waals surface area contributed by atoms with Gasteiger partial charge in [-0.25, -0.2) is 0 Å². The van der Waals surface area contributed by atoms with Gasteiger partial charge in [-0.3, -0.25) is 4.99 Å². The van der Waals surface area contributed by atoms with Crippen LogP contribution in [0.2, 0.25) is 0 Å². The van der Waals surface area contributed by atoms with Crippen molar-refractivity contribution in [3.05, 3.63) is 29.9 Å². The van der Waals surface area contributed by atoms with Crippen molar-refractivity contribution >= 4 is 28.0 Å². The number of aromatic amines is 1. The summed E-state index contributed by atoms with van der Waals surface area (Å²) in [6.45, 7) is 0.666. The highest BCUT2D eigenvalue weighted by molar-refractivity contribution is 7.12. The molecule has 1 aliphatic heterocycles. The SMILES string of the molecule is C1=NCc2coc3c[nH]cc3snc21. The summed E-state index contributed by atoms with van der Waals surface area (Å²) in [7, 11) is 0.